The number of Topliss-reactive ketones (excluding diaryl/α,β-unsaturated/α-hetero) is 1. The van der Waals surface area contributed by atoms with Crippen LogP contribution in [0.2, 0.25) is 0 Å². The van der Waals surface area contributed by atoms with Crippen LogP contribution >= 0.6 is 23.1 Å². The summed E-state index contributed by atoms with van der Waals surface area (Å²) >= 11 is 3.24. The number of hydrogen-bond donors (Lipinski definition) is 0. The van der Waals surface area contributed by atoms with E-state index in [-0.39, 0.29) is 5.78 Å². The van der Waals surface area contributed by atoms with Gasteiger partial charge in [-0.1, -0.05) is 18.2 Å². The van der Waals surface area contributed by atoms with Crippen molar-refractivity contribution in [3.63, 3.8) is 0 Å². The number of thiophene rings is 1. The SMILES string of the molecule is Cc1cc(C(=O)CSc2ccccc2C)cs1. The van der Waals surface area contributed by atoms with Crippen molar-refractivity contribution in [1.82, 2.24) is 0 Å². The third-order valence-corrected chi connectivity index (χ3v) is 4.54. The lowest BCUT2D eigenvalue weighted by atomic mass is 10.2. The Morgan fingerprint density at radius 2 is 2.06 bits per heavy atom. The number of benzene rings is 1. The highest BCUT2D eigenvalue weighted by molar-refractivity contribution is 8.00. The first-order valence-corrected chi connectivity index (χ1v) is 7.30. The van der Waals surface area contributed by atoms with E-state index >= 15 is 0 Å². The van der Waals surface area contributed by atoms with E-state index in [0.29, 0.717) is 5.75 Å². The van der Waals surface area contributed by atoms with E-state index < -0.39 is 0 Å². The molecule has 0 aliphatic heterocycles. The molecule has 88 valence electrons. The summed E-state index contributed by atoms with van der Waals surface area (Å²) in [6, 6.07) is 10.1. The smallest absolute Gasteiger partial charge is 0.173 e. The van der Waals surface area contributed by atoms with Crippen LogP contribution in [0.25, 0.3) is 0 Å². The summed E-state index contributed by atoms with van der Waals surface area (Å²) in [5, 5.41) is 1.94. The normalized spacial score (nSPS) is 10.5. The van der Waals surface area contributed by atoms with Gasteiger partial charge in [-0.15, -0.1) is 23.1 Å². The number of rotatable bonds is 4. The van der Waals surface area contributed by atoms with Crippen molar-refractivity contribution in [2.24, 2.45) is 0 Å². The summed E-state index contributed by atoms with van der Waals surface area (Å²) in [6.45, 7) is 4.09. The number of carbonyl (C=O) groups excluding carboxylic acids is 1. The Morgan fingerprint density at radius 1 is 1.29 bits per heavy atom. The molecule has 1 aromatic heterocycles. The number of carbonyl (C=O) groups is 1. The minimum atomic E-state index is 0.211. The second-order valence-corrected chi connectivity index (χ2v) is 6.06. The first-order valence-electron chi connectivity index (χ1n) is 5.43. The topological polar surface area (TPSA) is 17.1 Å². The van der Waals surface area contributed by atoms with Crippen molar-refractivity contribution in [3.05, 3.63) is 51.7 Å². The summed E-state index contributed by atoms with van der Waals surface area (Å²) in [5.41, 5.74) is 2.07. The first-order chi connectivity index (χ1) is 8.16. The molecule has 1 heterocycles. The number of thioether (sulfide) groups is 1. The second-order valence-electron chi connectivity index (χ2n) is 3.92. The molecule has 0 fully saturated rings. The van der Waals surface area contributed by atoms with Gasteiger partial charge in [0.25, 0.3) is 0 Å². The van der Waals surface area contributed by atoms with E-state index in [4.69, 9.17) is 0 Å². The lowest BCUT2D eigenvalue weighted by molar-refractivity contribution is 0.102. The largest absolute Gasteiger partial charge is 0.293 e. The van der Waals surface area contributed by atoms with Crippen LogP contribution < -0.4 is 0 Å². The van der Waals surface area contributed by atoms with Gasteiger partial charge in [0, 0.05) is 20.7 Å². The van der Waals surface area contributed by atoms with E-state index in [1.807, 2.05) is 30.5 Å². The van der Waals surface area contributed by atoms with Gasteiger partial charge in [-0.2, -0.15) is 0 Å². The summed E-state index contributed by atoms with van der Waals surface area (Å²) in [7, 11) is 0. The first kappa shape index (κ1) is 12.4. The van der Waals surface area contributed by atoms with Gasteiger partial charge in [0.15, 0.2) is 5.78 Å². The van der Waals surface area contributed by atoms with Crippen molar-refractivity contribution in [3.8, 4) is 0 Å². The third kappa shape index (κ3) is 3.20. The Bertz CT molecular complexity index is 529. The summed E-state index contributed by atoms with van der Waals surface area (Å²) in [4.78, 5) is 14.3. The molecule has 0 N–H and O–H groups in total. The molecule has 0 atom stereocenters. The molecule has 2 rings (SSSR count). The fraction of sp³-hybridized carbons (Fsp3) is 0.214. The molecule has 0 bridgehead atoms. The van der Waals surface area contributed by atoms with Gasteiger partial charge in [-0.05, 0) is 31.5 Å². The monoisotopic (exact) mass is 262 g/mol. The van der Waals surface area contributed by atoms with Gasteiger partial charge in [0.05, 0.1) is 5.75 Å². The Kier molecular flexibility index (Phi) is 4.02. The highest BCUT2D eigenvalue weighted by Crippen LogP contribution is 2.23. The van der Waals surface area contributed by atoms with Crippen LogP contribution in [0.15, 0.2) is 40.6 Å². The van der Waals surface area contributed by atoms with Gasteiger partial charge >= 0.3 is 0 Å². The predicted octanol–water partition coefficient (Wildman–Crippen LogP) is 4.34. The van der Waals surface area contributed by atoms with Crippen LogP contribution in [0.4, 0.5) is 0 Å². The van der Waals surface area contributed by atoms with E-state index in [0.717, 1.165) is 5.56 Å². The molecular formula is C14H14OS2. The molecule has 0 saturated heterocycles. The molecule has 0 saturated carbocycles. The van der Waals surface area contributed by atoms with Gasteiger partial charge in [-0.25, -0.2) is 0 Å². The minimum absolute atomic E-state index is 0.211. The molecule has 1 nitrogen and oxygen atoms in total. The van der Waals surface area contributed by atoms with E-state index in [9.17, 15) is 4.79 Å². The zero-order chi connectivity index (χ0) is 12.3. The third-order valence-electron chi connectivity index (χ3n) is 2.50. The Hall–Kier alpha value is -1.06. The van der Waals surface area contributed by atoms with Crippen molar-refractivity contribution in [1.29, 1.82) is 0 Å². The average molecular weight is 262 g/mol. The number of ketones is 1. The fourth-order valence-electron chi connectivity index (χ4n) is 1.53. The lowest BCUT2D eigenvalue weighted by Crippen LogP contribution is -2.00. The van der Waals surface area contributed by atoms with Crippen molar-refractivity contribution < 1.29 is 4.79 Å². The molecule has 0 aliphatic carbocycles. The maximum Gasteiger partial charge on any atom is 0.173 e. The van der Waals surface area contributed by atoms with Gasteiger partial charge < -0.3 is 0 Å². The van der Waals surface area contributed by atoms with Crippen LogP contribution in [-0.2, 0) is 0 Å². The molecule has 0 aliphatic rings. The maximum atomic E-state index is 11.9. The predicted molar refractivity (Wildman–Crippen MR) is 75.3 cm³/mol. The zero-order valence-electron chi connectivity index (χ0n) is 9.90. The van der Waals surface area contributed by atoms with Gasteiger partial charge in [0.1, 0.15) is 0 Å². The molecule has 0 spiro atoms. The van der Waals surface area contributed by atoms with Gasteiger partial charge in [-0.3, -0.25) is 4.79 Å². The summed E-state index contributed by atoms with van der Waals surface area (Å²) < 4.78 is 0. The molecule has 17 heavy (non-hydrogen) atoms. The Balaban J connectivity index is 1.99. The van der Waals surface area contributed by atoms with Crippen molar-refractivity contribution in [2.75, 3.05) is 5.75 Å². The molecule has 0 amide bonds. The molecule has 0 unspecified atom stereocenters. The molecular weight excluding hydrogens is 248 g/mol. The van der Waals surface area contributed by atoms with Crippen LogP contribution in [0.3, 0.4) is 0 Å². The highest BCUT2D eigenvalue weighted by atomic mass is 32.2. The van der Waals surface area contributed by atoms with Crippen LogP contribution in [0.1, 0.15) is 20.8 Å². The second kappa shape index (κ2) is 5.52. The highest BCUT2D eigenvalue weighted by Gasteiger charge is 2.08. The molecule has 3 heteroatoms. The molecule has 2 aromatic rings. The zero-order valence-corrected chi connectivity index (χ0v) is 11.5. The number of aryl methyl sites for hydroxylation is 2. The molecule has 1 aromatic carbocycles. The minimum Gasteiger partial charge on any atom is -0.293 e. The lowest BCUT2D eigenvalue weighted by Gasteiger charge is -2.03. The quantitative estimate of drug-likeness (QED) is 0.602. The van der Waals surface area contributed by atoms with Crippen molar-refractivity contribution >= 4 is 28.9 Å². The summed E-state index contributed by atoms with van der Waals surface area (Å²) in [5.74, 6) is 0.726. The van der Waals surface area contributed by atoms with Crippen LogP contribution in [-0.4, -0.2) is 11.5 Å². The Morgan fingerprint density at radius 3 is 2.71 bits per heavy atom. The standard InChI is InChI=1S/C14H14OS2/c1-10-5-3-4-6-14(10)17-9-13(15)12-7-11(2)16-8-12/h3-8H,9H2,1-2H3. The van der Waals surface area contributed by atoms with E-state index in [1.165, 1.54) is 15.3 Å². The van der Waals surface area contributed by atoms with E-state index in [1.54, 1.807) is 23.1 Å². The van der Waals surface area contributed by atoms with Crippen molar-refractivity contribution in [2.45, 2.75) is 18.7 Å². The van der Waals surface area contributed by atoms with E-state index in [2.05, 4.69) is 19.1 Å². The van der Waals surface area contributed by atoms with Crippen LogP contribution in [0, 0.1) is 13.8 Å². The van der Waals surface area contributed by atoms with Crippen LogP contribution in [0.5, 0.6) is 0 Å². The number of hydrogen-bond acceptors (Lipinski definition) is 3. The molecule has 0 radical (unpaired) electrons. The Labute approximate surface area is 110 Å². The summed E-state index contributed by atoms with van der Waals surface area (Å²) in [6.07, 6.45) is 0. The maximum absolute atomic E-state index is 11.9. The average Bonchev–Trinajstić information content (AvgIpc) is 2.74. The van der Waals surface area contributed by atoms with Gasteiger partial charge in [0.2, 0.25) is 0 Å². The fourth-order valence-corrected chi connectivity index (χ4v) is 3.17.